The van der Waals surface area contributed by atoms with Gasteiger partial charge in [0, 0.05) is 43.8 Å². The molecular weight excluding hydrogens is 542 g/mol. The molecule has 3 aromatic rings. The van der Waals surface area contributed by atoms with E-state index in [4.69, 9.17) is 19.6 Å². The van der Waals surface area contributed by atoms with Gasteiger partial charge in [0.1, 0.15) is 22.9 Å². The zero-order valence-corrected chi connectivity index (χ0v) is 23.7. The summed E-state index contributed by atoms with van der Waals surface area (Å²) < 4.78 is 44.4. The van der Waals surface area contributed by atoms with Crippen molar-refractivity contribution >= 4 is 17.2 Å². The van der Waals surface area contributed by atoms with Crippen LogP contribution < -0.4 is 15.9 Å². The predicted molar refractivity (Wildman–Crippen MR) is 147 cm³/mol. The standard InChI is InChI=1S/C28H34F2N4O5S/c1-4-5-10-38-24-23(35)20(26-33-32-22(40-26)13-18-6-7-19(29)14-21(18)30)15-39-25(24)27(36)34(17(2)3)16-28(31)8-11-37-12-9-28/h6-7,14-15,17H,4-5,8-13,16,31H2,1-3H3. The normalized spacial score (nSPS) is 14.9. The van der Waals surface area contributed by atoms with Gasteiger partial charge in [-0.05, 0) is 44.7 Å². The minimum absolute atomic E-state index is 0.0702. The molecule has 40 heavy (non-hydrogen) atoms. The minimum Gasteiger partial charge on any atom is -0.486 e. The first-order valence-electron chi connectivity index (χ1n) is 13.3. The average molecular weight is 577 g/mol. The van der Waals surface area contributed by atoms with Crippen molar-refractivity contribution in [3.63, 3.8) is 0 Å². The molecule has 1 saturated heterocycles. The highest BCUT2D eigenvalue weighted by Gasteiger charge is 2.36. The van der Waals surface area contributed by atoms with Crippen LogP contribution in [-0.4, -0.2) is 59.0 Å². The molecule has 1 aliphatic heterocycles. The topological polar surface area (TPSA) is 121 Å². The molecule has 1 fully saturated rings. The van der Waals surface area contributed by atoms with Crippen molar-refractivity contribution in [3.8, 4) is 16.3 Å². The zero-order chi connectivity index (χ0) is 28.9. The molecule has 0 aliphatic carbocycles. The summed E-state index contributed by atoms with van der Waals surface area (Å²) in [6.45, 7) is 7.25. The van der Waals surface area contributed by atoms with E-state index in [2.05, 4.69) is 10.2 Å². The second kappa shape index (κ2) is 13.0. The monoisotopic (exact) mass is 576 g/mol. The lowest BCUT2D eigenvalue weighted by Gasteiger charge is -2.39. The number of hydrogen-bond acceptors (Lipinski definition) is 9. The molecule has 2 N–H and O–H groups in total. The maximum Gasteiger partial charge on any atom is 0.293 e. The number of ether oxygens (including phenoxy) is 2. The van der Waals surface area contributed by atoms with Crippen LogP contribution in [0, 0.1) is 11.6 Å². The third-order valence-corrected chi connectivity index (χ3v) is 7.76. The second-order valence-corrected chi connectivity index (χ2v) is 11.3. The van der Waals surface area contributed by atoms with E-state index >= 15 is 0 Å². The Hall–Kier alpha value is -3.22. The number of amides is 1. The molecular formula is C28H34F2N4O5S. The lowest BCUT2D eigenvalue weighted by Crippen LogP contribution is -2.56. The van der Waals surface area contributed by atoms with Crippen molar-refractivity contribution < 1.29 is 27.5 Å². The third-order valence-electron chi connectivity index (χ3n) is 6.80. The Morgan fingerprint density at radius 3 is 2.67 bits per heavy atom. The van der Waals surface area contributed by atoms with E-state index in [-0.39, 0.29) is 53.3 Å². The van der Waals surface area contributed by atoms with Crippen LogP contribution in [-0.2, 0) is 11.2 Å². The van der Waals surface area contributed by atoms with Crippen LogP contribution in [0.5, 0.6) is 5.75 Å². The lowest BCUT2D eigenvalue weighted by molar-refractivity contribution is 0.0279. The number of nitrogens with zero attached hydrogens (tertiary/aromatic N) is 3. The smallest absolute Gasteiger partial charge is 0.293 e. The van der Waals surface area contributed by atoms with Crippen LogP contribution in [0.3, 0.4) is 0 Å². The Bertz CT molecular complexity index is 1390. The first-order valence-corrected chi connectivity index (χ1v) is 14.2. The van der Waals surface area contributed by atoms with Crippen LogP contribution in [0.4, 0.5) is 8.78 Å². The van der Waals surface area contributed by atoms with Crippen LogP contribution in [0.25, 0.3) is 10.6 Å². The Balaban J connectivity index is 1.65. The first-order chi connectivity index (χ1) is 19.1. The highest BCUT2D eigenvalue weighted by atomic mass is 32.1. The van der Waals surface area contributed by atoms with E-state index in [1.807, 2.05) is 20.8 Å². The summed E-state index contributed by atoms with van der Waals surface area (Å²) in [5.74, 6) is -2.26. The third kappa shape index (κ3) is 6.91. The van der Waals surface area contributed by atoms with Gasteiger partial charge < -0.3 is 24.5 Å². The van der Waals surface area contributed by atoms with Crippen molar-refractivity contribution in [1.82, 2.24) is 15.1 Å². The number of nitrogens with two attached hydrogens (primary N) is 1. The number of hydrogen-bond donors (Lipinski definition) is 1. The molecule has 0 spiro atoms. The molecule has 0 radical (unpaired) electrons. The van der Waals surface area contributed by atoms with E-state index in [0.717, 1.165) is 23.8 Å². The van der Waals surface area contributed by atoms with Gasteiger partial charge in [0.15, 0.2) is 5.01 Å². The SMILES string of the molecule is CCCCOc1c(C(=O)N(CC2(N)CCOCC2)C(C)C)occ(-c2nnc(Cc3ccc(F)cc3F)s2)c1=O. The molecule has 1 aromatic carbocycles. The van der Waals surface area contributed by atoms with Crippen LogP contribution in [0.1, 0.15) is 67.6 Å². The number of carbonyl (C=O) groups excluding carboxylic acids is 1. The average Bonchev–Trinajstić information content (AvgIpc) is 3.38. The van der Waals surface area contributed by atoms with E-state index < -0.39 is 28.5 Å². The Morgan fingerprint density at radius 1 is 1.25 bits per heavy atom. The fourth-order valence-corrected chi connectivity index (χ4v) is 5.22. The molecule has 0 unspecified atom stereocenters. The lowest BCUT2D eigenvalue weighted by atomic mass is 9.90. The number of carbonyl (C=O) groups is 1. The van der Waals surface area contributed by atoms with Gasteiger partial charge >= 0.3 is 0 Å². The molecule has 1 amide bonds. The molecule has 0 bridgehead atoms. The van der Waals surface area contributed by atoms with Gasteiger partial charge in [0.25, 0.3) is 5.91 Å². The Kier molecular flexibility index (Phi) is 9.64. The minimum atomic E-state index is -0.694. The maximum absolute atomic E-state index is 14.1. The van der Waals surface area contributed by atoms with E-state index in [1.54, 1.807) is 4.90 Å². The molecule has 216 valence electrons. The van der Waals surface area contributed by atoms with Crippen LogP contribution >= 0.6 is 11.3 Å². The summed E-state index contributed by atoms with van der Waals surface area (Å²) >= 11 is 1.07. The van der Waals surface area contributed by atoms with E-state index in [9.17, 15) is 18.4 Å². The largest absolute Gasteiger partial charge is 0.486 e. The molecule has 0 saturated carbocycles. The highest BCUT2D eigenvalue weighted by molar-refractivity contribution is 7.14. The van der Waals surface area contributed by atoms with Crippen LogP contribution in [0.2, 0.25) is 0 Å². The van der Waals surface area contributed by atoms with Gasteiger partial charge in [0.05, 0.1) is 12.2 Å². The van der Waals surface area contributed by atoms with Gasteiger partial charge in [0.2, 0.25) is 16.9 Å². The summed E-state index contributed by atoms with van der Waals surface area (Å²) in [5.41, 5.74) is 5.75. The molecule has 4 rings (SSSR count). The molecule has 12 heteroatoms. The molecule has 1 aliphatic rings. The first kappa shape index (κ1) is 29.8. The van der Waals surface area contributed by atoms with Gasteiger partial charge in [-0.25, -0.2) is 8.78 Å². The van der Waals surface area contributed by atoms with Gasteiger partial charge in [-0.2, -0.15) is 0 Å². The summed E-state index contributed by atoms with van der Waals surface area (Å²) in [6.07, 6.45) is 3.95. The summed E-state index contributed by atoms with van der Waals surface area (Å²) in [5, 5.41) is 8.80. The Labute approximate surface area is 235 Å². The van der Waals surface area contributed by atoms with Gasteiger partial charge in [-0.3, -0.25) is 9.59 Å². The maximum atomic E-state index is 14.1. The fourth-order valence-electron chi connectivity index (χ4n) is 4.35. The van der Waals surface area contributed by atoms with Crippen molar-refractivity contribution in [2.24, 2.45) is 5.73 Å². The van der Waals surface area contributed by atoms with Gasteiger partial charge in [-0.1, -0.05) is 30.7 Å². The van der Waals surface area contributed by atoms with Crippen molar-refractivity contribution in [1.29, 1.82) is 0 Å². The Morgan fingerprint density at radius 2 is 2.00 bits per heavy atom. The number of halogens is 2. The zero-order valence-electron chi connectivity index (χ0n) is 22.9. The number of aromatic nitrogens is 2. The summed E-state index contributed by atoms with van der Waals surface area (Å²) in [4.78, 5) is 29.0. The van der Waals surface area contributed by atoms with Gasteiger partial charge in [-0.15, -0.1) is 10.2 Å². The van der Waals surface area contributed by atoms with Crippen molar-refractivity contribution in [2.45, 2.75) is 64.5 Å². The van der Waals surface area contributed by atoms with Crippen molar-refractivity contribution in [3.05, 3.63) is 62.7 Å². The number of rotatable bonds is 11. The quantitative estimate of drug-likeness (QED) is 0.330. The molecule has 2 aromatic heterocycles. The molecule has 9 nitrogen and oxygen atoms in total. The summed E-state index contributed by atoms with van der Waals surface area (Å²) in [7, 11) is 0. The van der Waals surface area contributed by atoms with E-state index in [1.165, 1.54) is 18.4 Å². The number of benzene rings is 1. The van der Waals surface area contributed by atoms with E-state index in [0.29, 0.717) is 37.5 Å². The summed E-state index contributed by atoms with van der Waals surface area (Å²) in [6, 6.07) is 3.09. The second-order valence-electron chi connectivity index (χ2n) is 10.3. The van der Waals surface area contributed by atoms with Crippen LogP contribution in [0.15, 0.2) is 33.7 Å². The predicted octanol–water partition coefficient (Wildman–Crippen LogP) is 4.56. The number of unbranched alkanes of at least 4 members (excludes halogenated alkanes) is 1. The fraction of sp³-hybridized carbons (Fsp3) is 0.500. The van der Waals surface area contributed by atoms with Crippen molar-refractivity contribution in [2.75, 3.05) is 26.4 Å². The highest BCUT2D eigenvalue weighted by Crippen LogP contribution is 2.29. The molecule has 3 heterocycles. The molecule has 0 atom stereocenters.